The van der Waals surface area contributed by atoms with Crippen molar-refractivity contribution in [2.24, 2.45) is 0 Å². The van der Waals surface area contributed by atoms with E-state index < -0.39 is 42.7 Å². The summed E-state index contributed by atoms with van der Waals surface area (Å²) in [6.07, 6.45) is -5.63. The van der Waals surface area contributed by atoms with Gasteiger partial charge in [-0.15, -0.1) is 0 Å². The summed E-state index contributed by atoms with van der Waals surface area (Å²) in [5, 5.41) is 60.3. The molecule has 0 aliphatic carbocycles. The van der Waals surface area contributed by atoms with Gasteiger partial charge in [-0.1, -0.05) is 12.1 Å². The Kier molecular flexibility index (Phi) is 7.70. The van der Waals surface area contributed by atoms with Crippen LogP contribution >= 0.6 is 0 Å². The lowest BCUT2D eigenvalue weighted by atomic mass is 9.90. The highest BCUT2D eigenvalue weighted by atomic mass is 16.7. The first-order chi connectivity index (χ1) is 16.7. The van der Waals surface area contributed by atoms with Gasteiger partial charge in [0.05, 0.1) is 25.7 Å². The fraction of sp³-hybridized carbons (Fsp3) is 0.520. The molecule has 6 N–H and O–H groups in total. The van der Waals surface area contributed by atoms with Gasteiger partial charge in [0.25, 0.3) is 0 Å². The Balaban J connectivity index is 1.65. The summed E-state index contributed by atoms with van der Waals surface area (Å²) in [6.45, 7) is 1.57. The number of fused-ring (bicyclic) bond motifs is 1. The minimum atomic E-state index is -1.46. The van der Waals surface area contributed by atoms with E-state index >= 15 is 0 Å². The van der Waals surface area contributed by atoms with Crippen LogP contribution in [0.1, 0.15) is 42.1 Å². The molecule has 0 saturated carbocycles. The summed E-state index contributed by atoms with van der Waals surface area (Å²) in [5.41, 5.74) is 2.15. The van der Waals surface area contributed by atoms with Gasteiger partial charge in [0.15, 0.2) is 29.3 Å². The highest BCUT2D eigenvalue weighted by Gasteiger charge is 2.44. The van der Waals surface area contributed by atoms with E-state index in [9.17, 15) is 30.6 Å². The van der Waals surface area contributed by atoms with Crippen LogP contribution in [0.3, 0.4) is 0 Å². The quantitative estimate of drug-likeness (QED) is 0.315. The number of aliphatic hydroxyl groups excluding tert-OH is 4. The highest BCUT2D eigenvalue weighted by molar-refractivity contribution is 5.55. The molecule has 2 heterocycles. The molecule has 2 aliphatic heterocycles. The molecule has 10 nitrogen and oxygen atoms in total. The van der Waals surface area contributed by atoms with E-state index in [1.54, 1.807) is 25.1 Å². The molecule has 1 saturated heterocycles. The molecule has 1 fully saturated rings. The molecule has 0 radical (unpaired) electrons. The Morgan fingerprint density at radius 3 is 2.46 bits per heavy atom. The maximum Gasteiger partial charge on any atom is 0.186 e. The molecular weight excluding hydrogens is 460 g/mol. The van der Waals surface area contributed by atoms with Crippen LogP contribution in [0.15, 0.2) is 30.3 Å². The van der Waals surface area contributed by atoms with E-state index in [1.807, 2.05) is 6.07 Å². The minimum absolute atomic E-state index is 0.0129. The van der Waals surface area contributed by atoms with Crippen molar-refractivity contribution in [2.75, 3.05) is 20.3 Å². The Morgan fingerprint density at radius 2 is 1.74 bits per heavy atom. The molecule has 2 aromatic rings. The van der Waals surface area contributed by atoms with E-state index in [0.29, 0.717) is 24.0 Å². The molecular formula is C25H32O10. The molecule has 0 amide bonds. The van der Waals surface area contributed by atoms with Crippen molar-refractivity contribution in [3.63, 3.8) is 0 Å². The number of ether oxygens (including phenoxy) is 4. The van der Waals surface area contributed by atoms with Gasteiger partial charge in [-0.25, -0.2) is 0 Å². The van der Waals surface area contributed by atoms with Crippen LogP contribution in [-0.4, -0.2) is 81.7 Å². The van der Waals surface area contributed by atoms with Gasteiger partial charge in [0, 0.05) is 12.2 Å². The first kappa shape index (κ1) is 25.5. The highest BCUT2D eigenvalue weighted by Crippen LogP contribution is 2.51. The summed E-state index contributed by atoms with van der Waals surface area (Å²) in [6, 6.07) is 8.28. The van der Waals surface area contributed by atoms with E-state index in [-0.39, 0.29) is 36.2 Å². The van der Waals surface area contributed by atoms with Gasteiger partial charge < -0.3 is 49.6 Å². The SMILES string of the molecule is COc1cc(C2Oc3c(O)cc(CCCO)cc3C2COC2OC(C)C(O)C(O)C2O)ccc1O. The number of phenols is 2. The molecule has 192 valence electrons. The van der Waals surface area contributed by atoms with Gasteiger partial charge in [-0.05, 0) is 49.1 Å². The maximum absolute atomic E-state index is 10.7. The molecule has 4 rings (SSSR count). The molecule has 0 spiro atoms. The fourth-order valence-corrected chi connectivity index (χ4v) is 4.60. The zero-order valence-electron chi connectivity index (χ0n) is 19.6. The van der Waals surface area contributed by atoms with Gasteiger partial charge >= 0.3 is 0 Å². The van der Waals surface area contributed by atoms with E-state index in [4.69, 9.17) is 18.9 Å². The normalized spacial score (nSPS) is 30.1. The van der Waals surface area contributed by atoms with Crippen LogP contribution < -0.4 is 9.47 Å². The molecule has 0 bridgehead atoms. The smallest absolute Gasteiger partial charge is 0.186 e. The van der Waals surface area contributed by atoms with Crippen LogP contribution in [0, 0.1) is 0 Å². The second kappa shape index (κ2) is 10.6. The first-order valence-corrected chi connectivity index (χ1v) is 11.6. The Morgan fingerprint density at radius 1 is 0.971 bits per heavy atom. The summed E-state index contributed by atoms with van der Waals surface area (Å²) in [7, 11) is 1.44. The van der Waals surface area contributed by atoms with Crippen LogP contribution in [0.2, 0.25) is 0 Å². The number of phenolic OH excluding ortho intramolecular Hbond substituents is 2. The van der Waals surface area contributed by atoms with Crippen molar-refractivity contribution >= 4 is 0 Å². The summed E-state index contributed by atoms with van der Waals surface area (Å²) >= 11 is 0. The number of aliphatic hydroxyl groups is 4. The lowest BCUT2D eigenvalue weighted by Gasteiger charge is -2.39. The van der Waals surface area contributed by atoms with Gasteiger partial charge in [-0.2, -0.15) is 0 Å². The number of aryl methyl sites for hydroxylation is 1. The number of hydrogen-bond donors (Lipinski definition) is 6. The minimum Gasteiger partial charge on any atom is -0.504 e. The second-order valence-corrected chi connectivity index (χ2v) is 8.95. The molecule has 7 atom stereocenters. The number of aromatic hydroxyl groups is 2. The molecule has 0 aromatic heterocycles. The number of methoxy groups -OCH3 is 1. The van der Waals surface area contributed by atoms with Gasteiger partial charge in [0.1, 0.15) is 24.4 Å². The van der Waals surface area contributed by atoms with Crippen molar-refractivity contribution in [1.82, 2.24) is 0 Å². The average molecular weight is 493 g/mol. The number of rotatable bonds is 8. The summed E-state index contributed by atoms with van der Waals surface area (Å²) < 4.78 is 22.8. The predicted octanol–water partition coefficient (Wildman–Crippen LogP) is 1.09. The van der Waals surface area contributed by atoms with Crippen molar-refractivity contribution < 1.29 is 49.6 Å². The maximum atomic E-state index is 10.7. The Labute approximate surface area is 202 Å². The second-order valence-electron chi connectivity index (χ2n) is 8.95. The summed E-state index contributed by atoms with van der Waals surface area (Å²) in [4.78, 5) is 0. The number of benzene rings is 2. The average Bonchev–Trinajstić information content (AvgIpc) is 3.22. The van der Waals surface area contributed by atoms with E-state index in [0.717, 1.165) is 5.56 Å². The Bertz CT molecular complexity index is 1030. The zero-order valence-corrected chi connectivity index (χ0v) is 19.6. The predicted molar refractivity (Wildman–Crippen MR) is 123 cm³/mol. The Hall–Kier alpha value is -2.60. The third kappa shape index (κ3) is 5.04. The van der Waals surface area contributed by atoms with Crippen molar-refractivity contribution in [1.29, 1.82) is 0 Å². The summed E-state index contributed by atoms with van der Waals surface area (Å²) in [5.74, 6) is 0.00182. The van der Waals surface area contributed by atoms with Crippen LogP contribution in [0.4, 0.5) is 0 Å². The molecule has 2 aromatic carbocycles. The van der Waals surface area contributed by atoms with Crippen molar-refractivity contribution in [3.8, 4) is 23.0 Å². The molecule has 2 aliphatic rings. The third-order valence-electron chi connectivity index (χ3n) is 6.57. The van der Waals surface area contributed by atoms with Crippen LogP contribution in [-0.2, 0) is 15.9 Å². The van der Waals surface area contributed by atoms with Crippen molar-refractivity contribution in [2.45, 2.75) is 62.5 Å². The zero-order chi connectivity index (χ0) is 25.3. The van der Waals surface area contributed by atoms with Gasteiger partial charge in [0.2, 0.25) is 0 Å². The monoisotopic (exact) mass is 492 g/mol. The molecule has 10 heteroatoms. The van der Waals surface area contributed by atoms with Crippen LogP contribution in [0.25, 0.3) is 0 Å². The first-order valence-electron chi connectivity index (χ1n) is 11.6. The van der Waals surface area contributed by atoms with Crippen LogP contribution in [0.5, 0.6) is 23.0 Å². The third-order valence-corrected chi connectivity index (χ3v) is 6.57. The number of hydrogen-bond acceptors (Lipinski definition) is 10. The van der Waals surface area contributed by atoms with Gasteiger partial charge in [-0.3, -0.25) is 0 Å². The molecule has 7 unspecified atom stereocenters. The fourth-order valence-electron chi connectivity index (χ4n) is 4.60. The molecule has 35 heavy (non-hydrogen) atoms. The topological polar surface area (TPSA) is 158 Å². The lowest BCUT2D eigenvalue weighted by Crippen LogP contribution is -2.57. The van der Waals surface area contributed by atoms with E-state index in [2.05, 4.69) is 0 Å². The largest absolute Gasteiger partial charge is 0.504 e. The van der Waals surface area contributed by atoms with E-state index in [1.165, 1.54) is 13.2 Å². The standard InChI is InChI=1S/C25H32O10/c1-12-20(29)21(30)22(31)25(34-12)33-11-16-15-8-13(4-3-7-26)9-18(28)24(15)35-23(16)14-5-6-17(27)19(10-14)32-2/h5-6,8-10,12,16,20-23,25-31H,3-4,7,11H2,1-2H3. The van der Waals surface area contributed by atoms with Crippen molar-refractivity contribution in [3.05, 3.63) is 47.0 Å². The lowest BCUT2D eigenvalue weighted by molar-refractivity contribution is -0.294.